The largest absolute Gasteiger partial charge is 0.496 e. The van der Waals surface area contributed by atoms with Crippen LogP contribution >= 0.6 is 0 Å². The first-order valence-electron chi connectivity index (χ1n) is 6.04. The molecule has 0 aliphatic carbocycles. The molecule has 3 rings (SSSR count). The lowest BCUT2D eigenvalue weighted by Crippen LogP contribution is -2.00. The van der Waals surface area contributed by atoms with E-state index in [9.17, 15) is 4.79 Å². The van der Waals surface area contributed by atoms with Gasteiger partial charge in [-0.25, -0.2) is 9.78 Å². The number of fused-ring (bicyclic) bond motifs is 1. The minimum absolute atomic E-state index is 0.214. The summed E-state index contributed by atoms with van der Waals surface area (Å²) in [4.78, 5) is 15.4. The summed E-state index contributed by atoms with van der Waals surface area (Å²) in [6.45, 7) is 0. The first-order chi connectivity index (χ1) is 9.70. The number of aromatic nitrogens is 2. The third kappa shape index (κ3) is 1.89. The van der Waals surface area contributed by atoms with Crippen LogP contribution in [0.2, 0.25) is 0 Å². The molecule has 0 bridgehead atoms. The second-order valence-electron chi connectivity index (χ2n) is 4.30. The van der Waals surface area contributed by atoms with Crippen molar-refractivity contribution in [3.63, 3.8) is 0 Å². The number of methoxy groups -OCH3 is 1. The molecule has 0 saturated carbocycles. The van der Waals surface area contributed by atoms with Gasteiger partial charge in [0.15, 0.2) is 0 Å². The van der Waals surface area contributed by atoms with Gasteiger partial charge in [-0.05, 0) is 24.3 Å². The molecule has 0 aliphatic rings. The summed E-state index contributed by atoms with van der Waals surface area (Å²) in [5.74, 6) is 0.382. The highest BCUT2D eigenvalue weighted by atomic mass is 16.5. The molecule has 20 heavy (non-hydrogen) atoms. The van der Waals surface area contributed by atoms with Crippen molar-refractivity contribution in [1.29, 1.82) is 0 Å². The molecule has 5 heteroatoms. The Kier molecular flexibility index (Phi) is 2.87. The maximum absolute atomic E-state index is 11.1. The van der Waals surface area contributed by atoms with Crippen molar-refractivity contribution in [2.24, 2.45) is 0 Å². The number of pyridine rings is 1. The number of benzene rings is 1. The summed E-state index contributed by atoms with van der Waals surface area (Å²) in [5, 5.41) is 9.09. The molecule has 0 unspecified atom stereocenters. The number of imidazole rings is 1. The minimum atomic E-state index is -0.966. The van der Waals surface area contributed by atoms with Crippen LogP contribution in [0.1, 0.15) is 10.4 Å². The van der Waals surface area contributed by atoms with E-state index in [1.807, 2.05) is 24.3 Å². The maximum atomic E-state index is 11.1. The average molecular weight is 268 g/mol. The third-order valence-electron chi connectivity index (χ3n) is 3.12. The van der Waals surface area contributed by atoms with E-state index in [0.29, 0.717) is 11.6 Å². The Labute approximate surface area is 115 Å². The zero-order chi connectivity index (χ0) is 14.1. The Hall–Kier alpha value is -2.82. The van der Waals surface area contributed by atoms with Gasteiger partial charge in [0.25, 0.3) is 0 Å². The number of ether oxygens (including phenoxy) is 1. The second-order valence-corrected chi connectivity index (χ2v) is 4.30. The fourth-order valence-electron chi connectivity index (χ4n) is 2.15. The van der Waals surface area contributed by atoms with E-state index >= 15 is 0 Å². The Balaban J connectivity index is 2.26. The maximum Gasteiger partial charge on any atom is 0.337 e. The van der Waals surface area contributed by atoms with Crippen LogP contribution in [0.4, 0.5) is 0 Å². The molecular weight excluding hydrogens is 256 g/mol. The van der Waals surface area contributed by atoms with Crippen molar-refractivity contribution >= 4 is 11.5 Å². The van der Waals surface area contributed by atoms with Gasteiger partial charge in [0.2, 0.25) is 0 Å². The molecule has 1 N–H and O–H groups in total. The topological polar surface area (TPSA) is 63.8 Å². The smallest absolute Gasteiger partial charge is 0.337 e. The standard InChI is InChI=1S/C15H12N2O3/c1-20-13-5-3-2-4-12(13)14-16-8-11-7-6-10(15(18)19)9-17(11)14/h2-9H,1H3,(H,18,19). The second kappa shape index (κ2) is 4.70. The predicted molar refractivity (Wildman–Crippen MR) is 74.1 cm³/mol. The first-order valence-corrected chi connectivity index (χ1v) is 6.04. The van der Waals surface area contributed by atoms with Gasteiger partial charge in [0.1, 0.15) is 11.6 Å². The fraction of sp³-hybridized carbons (Fsp3) is 0.0667. The molecule has 3 aromatic rings. The van der Waals surface area contributed by atoms with Crippen LogP contribution in [-0.4, -0.2) is 27.6 Å². The normalized spacial score (nSPS) is 10.7. The van der Waals surface area contributed by atoms with E-state index in [1.165, 1.54) is 0 Å². The number of para-hydroxylation sites is 1. The van der Waals surface area contributed by atoms with Crippen molar-refractivity contribution < 1.29 is 14.6 Å². The van der Waals surface area contributed by atoms with E-state index in [4.69, 9.17) is 9.84 Å². The fourth-order valence-corrected chi connectivity index (χ4v) is 2.15. The monoisotopic (exact) mass is 268 g/mol. The highest BCUT2D eigenvalue weighted by Crippen LogP contribution is 2.29. The number of carboxylic acid groups (broad SMARTS) is 1. The Morgan fingerprint density at radius 1 is 1.25 bits per heavy atom. The number of carboxylic acids is 1. The Bertz CT molecular complexity index is 793. The van der Waals surface area contributed by atoms with E-state index in [2.05, 4.69) is 4.98 Å². The molecule has 0 amide bonds. The molecule has 0 aliphatic heterocycles. The molecular formula is C15H12N2O3. The van der Waals surface area contributed by atoms with Crippen molar-refractivity contribution in [2.75, 3.05) is 7.11 Å². The van der Waals surface area contributed by atoms with Crippen LogP contribution in [-0.2, 0) is 0 Å². The quantitative estimate of drug-likeness (QED) is 0.793. The SMILES string of the molecule is COc1ccccc1-c1ncc2ccc(C(=O)O)cn12. The van der Waals surface area contributed by atoms with Crippen LogP contribution in [0.3, 0.4) is 0 Å². The Morgan fingerprint density at radius 2 is 2.05 bits per heavy atom. The lowest BCUT2D eigenvalue weighted by molar-refractivity contribution is 0.0696. The molecule has 0 atom stereocenters. The Morgan fingerprint density at radius 3 is 2.80 bits per heavy atom. The highest BCUT2D eigenvalue weighted by molar-refractivity contribution is 5.88. The zero-order valence-electron chi connectivity index (χ0n) is 10.8. The molecule has 5 nitrogen and oxygen atoms in total. The van der Waals surface area contributed by atoms with Crippen LogP contribution < -0.4 is 4.74 Å². The number of carbonyl (C=O) groups is 1. The van der Waals surface area contributed by atoms with E-state index in [-0.39, 0.29) is 5.56 Å². The van der Waals surface area contributed by atoms with Crippen LogP contribution in [0.15, 0.2) is 48.8 Å². The molecule has 0 saturated heterocycles. The van der Waals surface area contributed by atoms with E-state index in [1.54, 1.807) is 36.0 Å². The molecule has 0 fully saturated rings. The van der Waals surface area contributed by atoms with Gasteiger partial charge in [0, 0.05) is 6.20 Å². The van der Waals surface area contributed by atoms with Crippen LogP contribution in [0.5, 0.6) is 5.75 Å². The summed E-state index contributed by atoms with van der Waals surface area (Å²) in [6.07, 6.45) is 3.26. The van der Waals surface area contributed by atoms with Crippen LogP contribution in [0, 0.1) is 0 Å². The number of hydrogen-bond donors (Lipinski definition) is 1. The predicted octanol–water partition coefficient (Wildman–Crippen LogP) is 2.71. The lowest BCUT2D eigenvalue weighted by Gasteiger charge is -2.07. The van der Waals surface area contributed by atoms with Gasteiger partial charge in [-0.3, -0.25) is 4.40 Å². The summed E-state index contributed by atoms with van der Waals surface area (Å²) < 4.78 is 7.08. The summed E-state index contributed by atoms with van der Waals surface area (Å²) in [5.41, 5.74) is 1.86. The van der Waals surface area contributed by atoms with E-state index < -0.39 is 5.97 Å². The van der Waals surface area contributed by atoms with Gasteiger partial charge in [-0.2, -0.15) is 0 Å². The number of rotatable bonds is 3. The summed E-state index contributed by atoms with van der Waals surface area (Å²) in [6, 6.07) is 10.8. The van der Waals surface area contributed by atoms with Gasteiger partial charge >= 0.3 is 5.97 Å². The number of aromatic carboxylic acids is 1. The lowest BCUT2D eigenvalue weighted by atomic mass is 10.2. The van der Waals surface area contributed by atoms with Crippen molar-refractivity contribution in [3.05, 3.63) is 54.4 Å². The molecule has 1 aromatic carbocycles. The highest BCUT2D eigenvalue weighted by Gasteiger charge is 2.12. The minimum Gasteiger partial charge on any atom is -0.496 e. The molecule has 0 spiro atoms. The number of hydrogen-bond acceptors (Lipinski definition) is 3. The van der Waals surface area contributed by atoms with Gasteiger partial charge in [-0.1, -0.05) is 12.1 Å². The van der Waals surface area contributed by atoms with Crippen LogP contribution in [0.25, 0.3) is 16.9 Å². The van der Waals surface area contributed by atoms with Gasteiger partial charge in [-0.15, -0.1) is 0 Å². The molecule has 100 valence electrons. The van der Waals surface area contributed by atoms with Gasteiger partial charge in [0.05, 0.1) is 30.0 Å². The summed E-state index contributed by atoms with van der Waals surface area (Å²) in [7, 11) is 1.59. The zero-order valence-corrected chi connectivity index (χ0v) is 10.8. The summed E-state index contributed by atoms with van der Waals surface area (Å²) >= 11 is 0. The molecule has 0 radical (unpaired) electrons. The van der Waals surface area contributed by atoms with Crippen molar-refractivity contribution in [2.45, 2.75) is 0 Å². The van der Waals surface area contributed by atoms with Crippen molar-refractivity contribution in [1.82, 2.24) is 9.38 Å². The first kappa shape index (κ1) is 12.2. The van der Waals surface area contributed by atoms with Gasteiger partial charge < -0.3 is 9.84 Å². The number of nitrogens with zero attached hydrogens (tertiary/aromatic N) is 2. The van der Waals surface area contributed by atoms with E-state index in [0.717, 1.165) is 11.1 Å². The molecule has 2 heterocycles. The third-order valence-corrected chi connectivity index (χ3v) is 3.12. The van der Waals surface area contributed by atoms with Crippen molar-refractivity contribution in [3.8, 4) is 17.1 Å². The molecule has 2 aromatic heterocycles. The average Bonchev–Trinajstić information content (AvgIpc) is 2.89.